The average Bonchev–Trinajstić information content (AvgIpc) is 3.02. The van der Waals surface area contributed by atoms with Crippen LogP contribution >= 0.6 is 34.8 Å². The first-order chi connectivity index (χ1) is 13.1. The highest BCUT2D eigenvalue weighted by Gasteiger charge is 2.10. The van der Waals surface area contributed by atoms with E-state index in [0.717, 1.165) is 22.2 Å². The van der Waals surface area contributed by atoms with Crippen molar-refractivity contribution in [2.75, 3.05) is 0 Å². The second-order valence-electron chi connectivity index (χ2n) is 6.04. The zero-order valence-electron chi connectivity index (χ0n) is 14.1. The summed E-state index contributed by atoms with van der Waals surface area (Å²) in [6.45, 7) is 0.645. The molecule has 0 aliphatic rings. The Balaban J connectivity index is 1.74. The molecule has 3 aromatic carbocycles. The molecule has 4 aromatic rings. The van der Waals surface area contributed by atoms with Crippen LogP contribution in [0.2, 0.25) is 15.1 Å². The van der Waals surface area contributed by atoms with Gasteiger partial charge in [-0.25, -0.2) is 9.98 Å². The van der Waals surface area contributed by atoms with Crippen molar-refractivity contribution in [2.45, 2.75) is 6.54 Å². The van der Waals surface area contributed by atoms with E-state index in [1.165, 1.54) is 0 Å². The van der Waals surface area contributed by atoms with Gasteiger partial charge in [-0.15, -0.1) is 0 Å². The van der Waals surface area contributed by atoms with E-state index >= 15 is 0 Å². The molecular weight excluding hydrogens is 401 g/mol. The van der Waals surface area contributed by atoms with Crippen LogP contribution in [0, 0.1) is 0 Å². The Morgan fingerprint density at radius 2 is 1.67 bits per heavy atom. The van der Waals surface area contributed by atoms with Crippen LogP contribution in [0.3, 0.4) is 0 Å². The highest BCUT2D eigenvalue weighted by molar-refractivity contribution is 6.42. The van der Waals surface area contributed by atoms with E-state index in [9.17, 15) is 0 Å². The van der Waals surface area contributed by atoms with Gasteiger partial charge in [0.05, 0.1) is 27.6 Å². The molecule has 0 fully saturated rings. The van der Waals surface area contributed by atoms with Gasteiger partial charge in [0, 0.05) is 11.2 Å². The predicted molar refractivity (Wildman–Crippen MR) is 114 cm³/mol. The molecule has 27 heavy (non-hydrogen) atoms. The lowest BCUT2D eigenvalue weighted by molar-refractivity contribution is 0.827. The molecule has 4 rings (SSSR count). The van der Waals surface area contributed by atoms with Gasteiger partial charge in [0.25, 0.3) is 0 Å². The number of fused-ring (bicyclic) bond motifs is 1. The summed E-state index contributed by atoms with van der Waals surface area (Å²) in [7, 11) is 0. The third-order valence-electron chi connectivity index (χ3n) is 4.16. The van der Waals surface area contributed by atoms with Gasteiger partial charge in [-0.3, -0.25) is 0 Å². The number of hydrogen-bond acceptors (Lipinski definition) is 2. The van der Waals surface area contributed by atoms with E-state index in [4.69, 9.17) is 34.8 Å². The summed E-state index contributed by atoms with van der Waals surface area (Å²) in [6, 6.07) is 21.1. The smallest absolute Gasteiger partial charge is 0.230 e. The van der Waals surface area contributed by atoms with Crippen LogP contribution in [-0.4, -0.2) is 15.8 Å². The molecular formula is C21H14Cl3N3. The molecule has 0 aliphatic carbocycles. The van der Waals surface area contributed by atoms with E-state index in [-0.39, 0.29) is 0 Å². The first-order valence-electron chi connectivity index (χ1n) is 8.29. The summed E-state index contributed by atoms with van der Waals surface area (Å²) in [5, 5.41) is 1.73. The monoisotopic (exact) mass is 413 g/mol. The summed E-state index contributed by atoms with van der Waals surface area (Å²) in [5.41, 5.74) is 3.89. The zero-order valence-corrected chi connectivity index (χ0v) is 16.4. The number of benzene rings is 3. The van der Waals surface area contributed by atoms with Crippen LogP contribution in [-0.2, 0) is 6.54 Å². The van der Waals surface area contributed by atoms with Gasteiger partial charge in [-0.1, -0.05) is 65.1 Å². The first kappa shape index (κ1) is 18.1. The van der Waals surface area contributed by atoms with Crippen LogP contribution in [0.1, 0.15) is 11.1 Å². The fraction of sp³-hybridized carbons (Fsp3) is 0.0476. The van der Waals surface area contributed by atoms with E-state index in [2.05, 4.69) is 14.5 Å². The van der Waals surface area contributed by atoms with Gasteiger partial charge >= 0.3 is 0 Å². The third kappa shape index (κ3) is 4.01. The highest BCUT2D eigenvalue weighted by atomic mass is 35.5. The molecule has 0 saturated carbocycles. The van der Waals surface area contributed by atoms with Gasteiger partial charge in [-0.05, 0) is 47.5 Å². The molecule has 134 valence electrons. The molecule has 0 bridgehead atoms. The average molecular weight is 415 g/mol. The topological polar surface area (TPSA) is 30.2 Å². The maximum absolute atomic E-state index is 6.09. The summed E-state index contributed by atoms with van der Waals surface area (Å²) in [6.07, 6.45) is 1.74. The summed E-state index contributed by atoms with van der Waals surface area (Å²) in [4.78, 5) is 9.26. The lowest BCUT2D eigenvalue weighted by Gasteiger charge is -2.07. The highest BCUT2D eigenvalue weighted by Crippen LogP contribution is 2.25. The Morgan fingerprint density at radius 3 is 2.44 bits per heavy atom. The van der Waals surface area contributed by atoms with Crippen LogP contribution in [0.4, 0.5) is 5.95 Å². The van der Waals surface area contributed by atoms with Crippen LogP contribution in [0.25, 0.3) is 11.0 Å². The quantitative estimate of drug-likeness (QED) is 0.338. The van der Waals surface area contributed by atoms with Crippen LogP contribution < -0.4 is 0 Å². The number of aliphatic imine (C=N–C) groups is 1. The fourth-order valence-corrected chi connectivity index (χ4v) is 3.25. The van der Waals surface area contributed by atoms with E-state index in [0.29, 0.717) is 27.6 Å². The van der Waals surface area contributed by atoms with Gasteiger partial charge in [0.1, 0.15) is 0 Å². The SMILES string of the molecule is Clc1ccc(Cn2c(/N=C/c3ccc(Cl)c(Cl)c3)nc3ccccc32)cc1. The second-order valence-corrected chi connectivity index (χ2v) is 7.30. The molecule has 0 atom stereocenters. The summed E-state index contributed by atoms with van der Waals surface area (Å²) >= 11 is 18.1. The van der Waals surface area contributed by atoms with Crippen molar-refractivity contribution in [3.05, 3.63) is 92.9 Å². The molecule has 1 heterocycles. The zero-order chi connectivity index (χ0) is 18.8. The molecule has 0 amide bonds. The second kappa shape index (κ2) is 7.73. The maximum Gasteiger partial charge on any atom is 0.230 e. The standard InChI is InChI=1S/C21H14Cl3N3/c22-16-8-5-14(6-9-16)13-27-20-4-2-1-3-19(20)26-21(27)25-12-15-7-10-17(23)18(24)11-15/h1-12H,13H2/b25-12+. The number of aromatic nitrogens is 2. The molecule has 1 aromatic heterocycles. The molecule has 6 heteroatoms. The predicted octanol–water partition coefficient (Wildman–Crippen LogP) is 6.80. The number of hydrogen-bond donors (Lipinski definition) is 0. The lowest BCUT2D eigenvalue weighted by atomic mass is 10.2. The van der Waals surface area contributed by atoms with Gasteiger partial charge < -0.3 is 4.57 Å². The van der Waals surface area contributed by atoms with Crippen LogP contribution in [0.5, 0.6) is 0 Å². The third-order valence-corrected chi connectivity index (χ3v) is 5.15. The largest absolute Gasteiger partial charge is 0.304 e. The van der Waals surface area contributed by atoms with Crippen molar-refractivity contribution in [1.82, 2.24) is 9.55 Å². The minimum absolute atomic E-state index is 0.496. The van der Waals surface area contributed by atoms with Gasteiger partial charge in [0.15, 0.2) is 0 Å². The molecule has 0 spiro atoms. The number of halogens is 3. The molecule has 0 radical (unpaired) electrons. The minimum atomic E-state index is 0.496. The first-order valence-corrected chi connectivity index (χ1v) is 9.42. The molecule has 3 nitrogen and oxygen atoms in total. The van der Waals surface area contributed by atoms with E-state index < -0.39 is 0 Å². The summed E-state index contributed by atoms with van der Waals surface area (Å²) in [5.74, 6) is 0.622. The Bertz CT molecular complexity index is 1130. The van der Waals surface area contributed by atoms with Crippen molar-refractivity contribution >= 4 is 58.0 Å². The number of imidazole rings is 1. The van der Waals surface area contributed by atoms with Gasteiger partial charge in [-0.2, -0.15) is 0 Å². The van der Waals surface area contributed by atoms with Crippen molar-refractivity contribution in [1.29, 1.82) is 0 Å². The normalized spacial score (nSPS) is 11.5. The van der Waals surface area contributed by atoms with Crippen molar-refractivity contribution < 1.29 is 0 Å². The number of para-hydroxylation sites is 2. The number of rotatable bonds is 4. The Morgan fingerprint density at radius 1 is 0.889 bits per heavy atom. The fourth-order valence-electron chi connectivity index (χ4n) is 2.81. The number of nitrogens with zero attached hydrogens (tertiary/aromatic N) is 3. The Labute approximate surface area is 171 Å². The minimum Gasteiger partial charge on any atom is -0.304 e. The molecule has 0 unspecified atom stereocenters. The molecule has 0 N–H and O–H groups in total. The van der Waals surface area contributed by atoms with Gasteiger partial charge in [0.2, 0.25) is 5.95 Å². The lowest BCUT2D eigenvalue weighted by Crippen LogP contribution is -1.99. The Kier molecular flexibility index (Phi) is 5.17. The summed E-state index contributed by atoms with van der Waals surface area (Å²) < 4.78 is 2.08. The maximum atomic E-state index is 6.09. The van der Waals surface area contributed by atoms with Crippen LogP contribution in [0.15, 0.2) is 71.7 Å². The van der Waals surface area contributed by atoms with Crippen molar-refractivity contribution in [3.8, 4) is 0 Å². The van der Waals surface area contributed by atoms with Crippen molar-refractivity contribution in [3.63, 3.8) is 0 Å². The molecule has 0 saturated heterocycles. The molecule has 0 aliphatic heterocycles. The van der Waals surface area contributed by atoms with E-state index in [1.54, 1.807) is 18.3 Å². The van der Waals surface area contributed by atoms with E-state index in [1.807, 2.05) is 54.6 Å². The Hall–Kier alpha value is -2.33. The van der Waals surface area contributed by atoms with Crippen molar-refractivity contribution in [2.24, 2.45) is 4.99 Å².